The van der Waals surface area contributed by atoms with E-state index in [0.717, 1.165) is 30.1 Å². The Balaban J connectivity index is 2.26. The van der Waals surface area contributed by atoms with Crippen LogP contribution in [0.2, 0.25) is 0 Å². The Morgan fingerprint density at radius 2 is 2.41 bits per heavy atom. The van der Waals surface area contributed by atoms with E-state index in [2.05, 4.69) is 10.4 Å². The molecule has 0 bridgehead atoms. The summed E-state index contributed by atoms with van der Waals surface area (Å²) in [6.07, 6.45) is 0. The van der Waals surface area contributed by atoms with E-state index in [4.69, 9.17) is 9.84 Å². The number of rotatable bonds is 3. The number of nitrogens with one attached hydrogen (secondary N) is 1. The topological polar surface area (TPSA) is 76.4 Å². The predicted octanol–water partition coefficient (Wildman–Crippen LogP) is 0.245. The third kappa shape index (κ3) is 2.48. The van der Waals surface area contributed by atoms with Crippen LogP contribution in [0.3, 0.4) is 0 Å². The van der Waals surface area contributed by atoms with Gasteiger partial charge in [0, 0.05) is 17.8 Å². The van der Waals surface area contributed by atoms with Crippen LogP contribution in [-0.4, -0.2) is 40.6 Å². The van der Waals surface area contributed by atoms with Gasteiger partial charge in [0.25, 0.3) is 0 Å². The summed E-state index contributed by atoms with van der Waals surface area (Å²) >= 11 is 0. The van der Waals surface area contributed by atoms with E-state index in [1.165, 1.54) is 4.68 Å². The molecule has 6 nitrogen and oxygen atoms in total. The van der Waals surface area contributed by atoms with Crippen LogP contribution in [0.25, 0.3) is 0 Å². The summed E-state index contributed by atoms with van der Waals surface area (Å²) in [5, 5.41) is 16.4. The first-order valence-electron chi connectivity index (χ1n) is 5.66. The number of carbonyl (C=O) groups is 1. The van der Waals surface area contributed by atoms with Gasteiger partial charge in [0.1, 0.15) is 6.54 Å². The van der Waals surface area contributed by atoms with Crippen LogP contribution in [0, 0.1) is 13.8 Å². The van der Waals surface area contributed by atoms with Gasteiger partial charge in [-0.2, -0.15) is 5.10 Å². The fourth-order valence-corrected chi connectivity index (χ4v) is 2.25. The predicted molar refractivity (Wildman–Crippen MR) is 60.9 cm³/mol. The minimum atomic E-state index is -0.880. The summed E-state index contributed by atoms with van der Waals surface area (Å²) in [4.78, 5) is 10.7. The van der Waals surface area contributed by atoms with Crippen LogP contribution in [0.5, 0.6) is 0 Å². The highest BCUT2D eigenvalue weighted by Gasteiger charge is 2.23. The minimum absolute atomic E-state index is 0.0970. The fraction of sp³-hybridized carbons (Fsp3) is 0.636. The third-order valence-electron chi connectivity index (χ3n) is 2.99. The minimum Gasteiger partial charge on any atom is -0.480 e. The number of morpholine rings is 1. The maximum Gasteiger partial charge on any atom is 0.325 e. The fourth-order valence-electron chi connectivity index (χ4n) is 2.25. The number of hydrogen-bond donors (Lipinski definition) is 2. The molecule has 6 heteroatoms. The lowest BCUT2D eigenvalue weighted by Gasteiger charge is -2.24. The monoisotopic (exact) mass is 239 g/mol. The molecule has 94 valence electrons. The van der Waals surface area contributed by atoms with Crippen LogP contribution in [-0.2, 0) is 16.1 Å². The molecule has 0 radical (unpaired) electrons. The molecular formula is C11H17N3O3. The van der Waals surface area contributed by atoms with Crippen molar-refractivity contribution < 1.29 is 14.6 Å². The highest BCUT2D eigenvalue weighted by Crippen LogP contribution is 2.23. The Labute approximate surface area is 99.6 Å². The number of aliphatic carboxylic acids is 1. The van der Waals surface area contributed by atoms with E-state index >= 15 is 0 Å². The zero-order valence-electron chi connectivity index (χ0n) is 10.1. The van der Waals surface area contributed by atoms with Crippen molar-refractivity contribution in [1.29, 1.82) is 0 Å². The molecule has 1 aliphatic rings. The SMILES string of the molecule is Cc1nn(CC(=O)O)c(C)c1[C@@H]1COCCN1. The van der Waals surface area contributed by atoms with Gasteiger partial charge >= 0.3 is 5.97 Å². The molecule has 2 heterocycles. The quantitative estimate of drug-likeness (QED) is 0.790. The number of aryl methyl sites for hydroxylation is 1. The summed E-state index contributed by atoms with van der Waals surface area (Å²) in [5.74, 6) is -0.880. The molecule has 0 aromatic carbocycles. The Kier molecular flexibility index (Phi) is 3.44. The largest absolute Gasteiger partial charge is 0.480 e. The van der Waals surface area contributed by atoms with E-state index < -0.39 is 5.97 Å². The second-order valence-corrected chi connectivity index (χ2v) is 4.22. The number of nitrogens with zero attached hydrogens (tertiary/aromatic N) is 2. The number of carboxylic acids is 1. The van der Waals surface area contributed by atoms with Gasteiger partial charge in [0.2, 0.25) is 0 Å². The normalized spacial score (nSPS) is 20.5. The maximum atomic E-state index is 10.7. The summed E-state index contributed by atoms with van der Waals surface area (Å²) in [6, 6.07) is 0.117. The van der Waals surface area contributed by atoms with Gasteiger partial charge in [0.05, 0.1) is 24.9 Å². The van der Waals surface area contributed by atoms with Gasteiger partial charge in [-0.05, 0) is 13.8 Å². The summed E-state index contributed by atoms with van der Waals surface area (Å²) in [5.41, 5.74) is 2.82. The van der Waals surface area contributed by atoms with Gasteiger partial charge < -0.3 is 15.2 Å². The molecule has 2 rings (SSSR count). The van der Waals surface area contributed by atoms with Crippen molar-refractivity contribution in [1.82, 2.24) is 15.1 Å². The standard InChI is InChI=1S/C11H17N3O3/c1-7-11(9-6-17-4-3-12-9)8(2)14(13-7)5-10(15)16/h9,12H,3-6H2,1-2H3,(H,15,16)/t9-/m0/s1. The number of ether oxygens (including phenoxy) is 1. The molecule has 1 aromatic rings. The zero-order valence-corrected chi connectivity index (χ0v) is 10.1. The Morgan fingerprint density at radius 1 is 1.65 bits per heavy atom. The summed E-state index contributed by atoms with van der Waals surface area (Å²) < 4.78 is 6.95. The third-order valence-corrected chi connectivity index (χ3v) is 2.99. The van der Waals surface area contributed by atoms with Crippen molar-refractivity contribution in [2.75, 3.05) is 19.8 Å². The molecule has 1 saturated heterocycles. The van der Waals surface area contributed by atoms with E-state index in [1.54, 1.807) is 0 Å². The van der Waals surface area contributed by atoms with E-state index in [1.807, 2.05) is 13.8 Å². The van der Waals surface area contributed by atoms with Crippen molar-refractivity contribution in [3.63, 3.8) is 0 Å². The maximum absolute atomic E-state index is 10.7. The van der Waals surface area contributed by atoms with Crippen LogP contribution in [0.1, 0.15) is 23.0 Å². The molecular weight excluding hydrogens is 222 g/mol. The Morgan fingerprint density at radius 3 is 3.00 bits per heavy atom. The van der Waals surface area contributed by atoms with Crippen LogP contribution >= 0.6 is 0 Å². The molecule has 1 aromatic heterocycles. The number of aromatic nitrogens is 2. The molecule has 1 atom stereocenters. The van der Waals surface area contributed by atoms with Crippen molar-refractivity contribution in [2.45, 2.75) is 26.4 Å². The van der Waals surface area contributed by atoms with Gasteiger partial charge in [-0.3, -0.25) is 9.48 Å². The molecule has 0 unspecified atom stereocenters. The van der Waals surface area contributed by atoms with Crippen LogP contribution < -0.4 is 5.32 Å². The van der Waals surface area contributed by atoms with Gasteiger partial charge in [-0.1, -0.05) is 0 Å². The lowest BCUT2D eigenvalue weighted by atomic mass is 10.0. The highest BCUT2D eigenvalue weighted by atomic mass is 16.5. The number of hydrogen-bond acceptors (Lipinski definition) is 4. The van der Waals surface area contributed by atoms with Crippen LogP contribution in [0.15, 0.2) is 0 Å². The Bertz CT molecular complexity index is 422. The van der Waals surface area contributed by atoms with Crippen molar-refractivity contribution >= 4 is 5.97 Å². The smallest absolute Gasteiger partial charge is 0.325 e. The highest BCUT2D eigenvalue weighted by molar-refractivity contribution is 5.66. The second-order valence-electron chi connectivity index (χ2n) is 4.22. The van der Waals surface area contributed by atoms with Crippen molar-refractivity contribution in [3.05, 3.63) is 17.0 Å². The van der Waals surface area contributed by atoms with Gasteiger partial charge in [-0.25, -0.2) is 0 Å². The molecule has 0 aliphatic carbocycles. The van der Waals surface area contributed by atoms with E-state index in [-0.39, 0.29) is 12.6 Å². The molecule has 0 spiro atoms. The lowest BCUT2D eigenvalue weighted by molar-refractivity contribution is -0.137. The first-order chi connectivity index (χ1) is 8.09. The summed E-state index contributed by atoms with van der Waals surface area (Å²) in [6.45, 7) is 5.84. The molecule has 0 amide bonds. The molecule has 0 saturated carbocycles. The molecule has 1 fully saturated rings. The second kappa shape index (κ2) is 4.85. The van der Waals surface area contributed by atoms with Gasteiger partial charge in [0.15, 0.2) is 0 Å². The average Bonchev–Trinajstić information content (AvgIpc) is 2.54. The Hall–Kier alpha value is -1.40. The van der Waals surface area contributed by atoms with Crippen molar-refractivity contribution in [3.8, 4) is 0 Å². The van der Waals surface area contributed by atoms with Gasteiger partial charge in [-0.15, -0.1) is 0 Å². The first kappa shape index (κ1) is 12.1. The van der Waals surface area contributed by atoms with E-state index in [9.17, 15) is 4.79 Å². The first-order valence-corrected chi connectivity index (χ1v) is 5.66. The molecule has 2 N–H and O–H groups in total. The zero-order chi connectivity index (χ0) is 12.4. The number of carboxylic acid groups (broad SMARTS) is 1. The van der Waals surface area contributed by atoms with Crippen LogP contribution in [0.4, 0.5) is 0 Å². The molecule has 17 heavy (non-hydrogen) atoms. The summed E-state index contributed by atoms with van der Waals surface area (Å²) in [7, 11) is 0. The van der Waals surface area contributed by atoms with E-state index in [0.29, 0.717) is 6.61 Å². The lowest BCUT2D eigenvalue weighted by Crippen LogP contribution is -2.35. The molecule has 1 aliphatic heterocycles. The average molecular weight is 239 g/mol. The van der Waals surface area contributed by atoms with Crippen molar-refractivity contribution in [2.24, 2.45) is 0 Å².